The molecule has 0 unspecified atom stereocenters. The number of fused-ring (bicyclic) bond motifs is 4. The lowest BCUT2D eigenvalue weighted by Gasteiger charge is -2.45. The number of carbonyl (C=O) groups excluding carboxylic acids is 1. The van der Waals surface area contributed by atoms with Crippen LogP contribution in [-0.2, 0) is 15.4 Å². The molecule has 3 heterocycles. The molecule has 1 saturated heterocycles. The number of nitrogens with zero attached hydrogens (tertiary/aromatic N) is 3. The van der Waals surface area contributed by atoms with Gasteiger partial charge in [0.1, 0.15) is 17.5 Å². The number of piperidine rings is 1. The minimum Gasteiger partial charge on any atom is -0.479 e. The van der Waals surface area contributed by atoms with Gasteiger partial charge < -0.3 is 9.64 Å². The van der Waals surface area contributed by atoms with E-state index < -0.39 is 20.7 Å². The molecule has 2 aliphatic rings. The number of likely N-dealkylation sites (tertiary alicyclic amines) is 1. The second-order valence-electron chi connectivity index (χ2n) is 9.48. The third-order valence-corrected chi connectivity index (χ3v) is 9.23. The van der Waals surface area contributed by atoms with Gasteiger partial charge in [-0.1, -0.05) is 12.1 Å². The maximum atomic E-state index is 13.2. The number of aromatic nitrogens is 1. The van der Waals surface area contributed by atoms with Gasteiger partial charge in [0.2, 0.25) is 0 Å². The number of amides is 1. The van der Waals surface area contributed by atoms with Crippen molar-refractivity contribution >= 4 is 15.7 Å². The van der Waals surface area contributed by atoms with E-state index in [1.807, 2.05) is 41.8 Å². The number of rotatable bonds is 3. The van der Waals surface area contributed by atoms with Crippen LogP contribution in [0.1, 0.15) is 54.0 Å². The lowest BCUT2D eigenvalue weighted by Crippen LogP contribution is -2.50. The second kappa shape index (κ2) is 8.28. The molecule has 0 bridgehead atoms. The molecule has 1 spiro atoms. The smallest absolute Gasteiger partial charge is 0.253 e. The SMILES string of the molecule is Cc1cc(C#N)n2c1C1(CCN(C(=O)c3ccc(S(=O)(=O)C(C)C)cc3)CC1)Oc1ccccc1-2. The quantitative estimate of drug-likeness (QED) is 0.545. The van der Waals surface area contributed by atoms with Gasteiger partial charge in [0.15, 0.2) is 15.4 Å². The van der Waals surface area contributed by atoms with Crippen LogP contribution in [0.15, 0.2) is 59.5 Å². The molecular weight excluding hydrogens is 462 g/mol. The zero-order valence-corrected chi connectivity index (χ0v) is 20.8. The van der Waals surface area contributed by atoms with Crippen LogP contribution in [0.2, 0.25) is 0 Å². The van der Waals surface area contributed by atoms with E-state index in [-0.39, 0.29) is 10.8 Å². The molecular formula is C27H27N3O4S. The largest absolute Gasteiger partial charge is 0.479 e. The number of aryl methyl sites for hydroxylation is 1. The number of nitriles is 1. The normalized spacial score (nSPS) is 16.4. The second-order valence-corrected chi connectivity index (χ2v) is 12.0. The van der Waals surface area contributed by atoms with E-state index in [9.17, 15) is 18.5 Å². The highest BCUT2D eigenvalue weighted by atomic mass is 32.2. The van der Waals surface area contributed by atoms with Crippen LogP contribution in [0.3, 0.4) is 0 Å². The van der Waals surface area contributed by atoms with Crippen molar-refractivity contribution in [2.45, 2.75) is 49.4 Å². The highest BCUT2D eigenvalue weighted by Gasteiger charge is 2.46. The van der Waals surface area contributed by atoms with Crippen molar-refractivity contribution in [1.82, 2.24) is 9.47 Å². The van der Waals surface area contributed by atoms with Crippen LogP contribution in [0, 0.1) is 18.3 Å². The topological polar surface area (TPSA) is 92.4 Å². The molecule has 0 aliphatic carbocycles. The van der Waals surface area contributed by atoms with E-state index in [1.54, 1.807) is 30.9 Å². The molecule has 7 nitrogen and oxygen atoms in total. The average Bonchev–Trinajstić information content (AvgIpc) is 3.21. The van der Waals surface area contributed by atoms with Crippen LogP contribution < -0.4 is 4.74 Å². The summed E-state index contributed by atoms with van der Waals surface area (Å²) in [5, 5.41) is 9.24. The van der Waals surface area contributed by atoms with Crippen molar-refractivity contribution in [2.75, 3.05) is 13.1 Å². The molecule has 8 heteroatoms. The summed E-state index contributed by atoms with van der Waals surface area (Å²) in [4.78, 5) is 15.2. The maximum Gasteiger partial charge on any atom is 0.253 e. The fraction of sp³-hybridized carbons (Fsp3) is 0.333. The van der Waals surface area contributed by atoms with Gasteiger partial charge in [-0.15, -0.1) is 0 Å². The summed E-state index contributed by atoms with van der Waals surface area (Å²) in [7, 11) is -3.39. The molecule has 0 saturated carbocycles. The Morgan fingerprint density at radius 1 is 1.09 bits per heavy atom. The Labute approximate surface area is 205 Å². The van der Waals surface area contributed by atoms with Gasteiger partial charge in [-0.25, -0.2) is 8.42 Å². The van der Waals surface area contributed by atoms with Crippen LogP contribution >= 0.6 is 0 Å². The number of benzene rings is 2. The lowest BCUT2D eigenvalue weighted by atomic mass is 9.84. The van der Waals surface area contributed by atoms with Crippen molar-refractivity contribution in [2.24, 2.45) is 0 Å². The molecule has 1 fully saturated rings. The first kappa shape index (κ1) is 23.2. The Morgan fingerprint density at radius 3 is 2.37 bits per heavy atom. The van der Waals surface area contributed by atoms with Crippen molar-refractivity contribution in [3.8, 4) is 17.5 Å². The summed E-state index contributed by atoms with van der Waals surface area (Å²) in [5.41, 5.74) is 3.24. The first-order chi connectivity index (χ1) is 16.7. The van der Waals surface area contributed by atoms with Crippen LogP contribution in [0.5, 0.6) is 5.75 Å². The maximum absolute atomic E-state index is 13.2. The van der Waals surface area contributed by atoms with Gasteiger partial charge in [-0.05, 0) is 68.8 Å². The Balaban J connectivity index is 1.41. The average molecular weight is 490 g/mol. The van der Waals surface area contributed by atoms with Gasteiger partial charge in [0.25, 0.3) is 5.91 Å². The van der Waals surface area contributed by atoms with Crippen molar-refractivity contribution in [3.05, 3.63) is 77.1 Å². The third-order valence-electron chi connectivity index (χ3n) is 7.06. The van der Waals surface area contributed by atoms with E-state index in [1.165, 1.54) is 12.1 Å². The Kier molecular flexibility index (Phi) is 5.48. The number of para-hydroxylation sites is 2. The van der Waals surface area contributed by atoms with E-state index in [0.717, 1.165) is 22.7 Å². The Hall–Kier alpha value is -3.57. The van der Waals surface area contributed by atoms with Gasteiger partial charge in [-0.2, -0.15) is 5.26 Å². The number of hydrogen-bond acceptors (Lipinski definition) is 5. The summed E-state index contributed by atoms with van der Waals surface area (Å²) in [6, 6.07) is 18.1. The highest BCUT2D eigenvalue weighted by Crippen LogP contribution is 2.47. The fourth-order valence-corrected chi connectivity index (χ4v) is 6.23. The van der Waals surface area contributed by atoms with Crippen LogP contribution in [-0.4, -0.2) is 42.1 Å². The van der Waals surface area contributed by atoms with Gasteiger partial charge in [-0.3, -0.25) is 9.36 Å². The molecule has 2 aromatic carbocycles. The fourth-order valence-electron chi connectivity index (χ4n) is 5.17. The van der Waals surface area contributed by atoms with Gasteiger partial charge >= 0.3 is 0 Å². The summed E-state index contributed by atoms with van der Waals surface area (Å²) in [6.07, 6.45) is 1.17. The monoisotopic (exact) mass is 489 g/mol. The molecule has 0 atom stereocenters. The van der Waals surface area contributed by atoms with E-state index >= 15 is 0 Å². The minimum atomic E-state index is -3.39. The number of carbonyl (C=O) groups is 1. The van der Waals surface area contributed by atoms with E-state index in [4.69, 9.17) is 4.74 Å². The van der Waals surface area contributed by atoms with E-state index in [0.29, 0.717) is 37.2 Å². The lowest BCUT2D eigenvalue weighted by molar-refractivity contribution is -0.00983. The molecule has 180 valence electrons. The van der Waals surface area contributed by atoms with Crippen LogP contribution in [0.4, 0.5) is 0 Å². The first-order valence-corrected chi connectivity index (χ1v) is 13.3. The summed E-state index contributed by atoms with van der Waals surface area (Å²) in [6.45, 7) is 6.25. The van der Waals surface area contributed by atoms with E-state index in [2.05, 4.69) is 6.07 Å². The zero-order chi connectivity index (χ0) is 25.0. The van der Waals surface area contributed by atoms with Gasteiger partial charge in [0.05, 0.1) is 21.5 Å². The third kappa shape index (κ3) is 3.62. The standard InChI is InChI=1S/C27H27N3O4S/c1-18(2)35(32,33)22-10-8-20(9-11-22)26(31)29-14-12-27(13-15-29)25-19(3)16-21(17-28)30(25)23-6-4-5-7-24(23)34-27/h4-11,16,18H,12-15H2,1-3H3. The summed E-state index contributed by atoms with van der Waals surface area (Å²) in [5.74, 6) is 0.600. The molecule has 2 aliphatic heterocycles. The summed E-state index contributed by atoms with van der Waals surface area (Å²) < 4.78 is 33.4. The Bertz CT molecular complexity index is 1460. The molecule has 3 aromatic rings. The molecule has 1 amide bonds. The van der Waals surface area contributed by atoms with Crippen LogP contribution in [0.25, 0.3) is 5.69 Å². The molecule has 35 heavy (non-hydrogen) atoms. The minimum absolute atomic E-state index is 0.130. The zero-order valence-electron chi connectivity index (χ0n) is 20.0. The molecule has 5 rings (SSSR count). The molecule has 1 aromatic heterocycles. The predicted octanol–water partition coefficient (Wildman–Crippen LogP) is 4.36. The summed E-state index contributed by atoms with van der Waals surface area (Å²) >= 11 is 0. The number of ether oxygens (including phenoxy) is 1. The predicted molar refractivity (Wildman–Crippen MR) is 131 cm³/mol. The number of hydrogen-bond donors (Lipinski definition) is 0. The Morgan fingerprint density at radius 2 is 1.74 bits per heavy atom. The highest BCUT2D eigenvalue weighted by molar-refractivity contribution is 7.92. The van der Waals surface area contributed by atoms with Crippen molar-refractivity contribution in [3.63, 3.8) is 0 Å². The van der Waals surface area contributed by atoms with Gasteiger partial charge in [0, 0.05) is 31.5 Å². The van der Waals surface area contributed by atoms with Crippen molar-refractivity contribution < 1.29 is 17.9 Å². The van der Waals surface area contributed by atoms with Crippen molar-refractivity contribution in [1.29, 1.82) is 5.26 Å². The molecule has 0 N–H and O–H groups in total. The number of sulfone groups is 1. The first-order valence-electron chi connectivity index (χ1n) is 11.7. The molecule has 0 radical (unpaired) electrons.